The Bertz CT molecular complexity index is 735. The summed E-state index contributed by atoms with van der Waals surface area (Å²) in [5.41, 5.74) is 1.38. The predicted molar refractivity (Wildman–Crippen MR) is 89.0 cm³/mol. The normalized spacial score (nSPS) is 14.2. The van der Waals surface area contributed by atoms with Gasteiger partial charge < -0.3 is 5.32 Å². The van der Waals surface area contributed by atoms with Crippen LogP contribution in [0.4, 0.5) is 13.2 Å². The van der Waals surface area contributed by atoms with Gasteiger partial charge in [-0.15, -0.1) is 0 Å². The van der Waals surface area contributed by atoms with Crippen LogP contribution < -0.4 is 5.32 Å². The number of halogens is 3. The lowest BCUT2D eigenvalue weighted by molar-refractivity contribution is -0.142. The van der Waals surface area contributed by atoms with Crippen molar-refractivity contribution in [3.8, 4) is 0 Å². The highest BCUT2D eigenvalue weighted by Crippen LogP contribution is 2.29. The third-order valence-electron chi connectivity index (χ3n) is 4.16. The smallest absolute Gasteiger partial charge is 0.347 e. The van der Waals surface area contributed by atoms with Crippen molar-refractivity contribution in [2.45, 2.75) is 52.4 Å². The van der Waals surface area contributed by atoms with Crippen LogP contribution in [-0.2, 0) is 11.0 Å². The first-order valence-corrected chi connectivity index (χ1v) is 8.13. The number of amides is 1. The van der Waals surface area contributed by atoms with Gasteiger partial charge in [0.1, 0.15) is 6.04 Å². The number of hydrogen-bond donors (Lipinski definition) is 1. The molecule has 0 aliphatic carbocycles. The Balaban J connectivity index is 2.16. The molecule has 1 amide bonds. The average molecular weight is 353 g/mol. The van der Waals surface area contributed by atoms with E-state index in [1.807, 2.05) is 38.1 Å². The third-order valence-corrected chi connectivity index (χ3v) is 4.16. The van der Waals surface area contributed by atoms with Gasteiger partial charge in [0, 0.05) is 5.69 Å². The second kappa shape index (κ2) is 7.29. The number of hydrogen-bond acceptors (Lipinski definition) is 2. The van der Waals surface area contributed by atoms with Crippen molar-refractivity contribution in [1.29, 1.82) is 0 Å². The van der Waals surface area contributed by atoms with Crippen LogP contribution in [0.2, 0.25) is 0 Å². The second-order valence-corrected chi connectivity index (χ2v) is 6.17. The van der Waals surface area contributed by atoms with Crippen molar-refractivity contribution in [2.75, 3.05) is 0 Å². The lowest BCUT2D eigenvalue weighted by atomic mass is 10.0. The third kappa shape index (κ3) is 4.41. The van der Waals surface area contributed by atoms with Gasteiger partial charge in [0.25, 0.3) is 0 Å². The van der Waals surface area contributed by atoms with Crippen molar-refractivity contribution in [1.82, 2.24) is 15.1 Å². The Hall–Kier alpha value is -2.31. The second-order valence-electron chi connectivity index (χ2n) is 6.17. The van der Waals surface area contributed by atoms with Gasteiger partial charge in [-0.3, -0.25) is 9.48 Å². The molecule has 1 heterocycles. The van der Waals surface area contributed by atoms with Crippen molar-refractivity contribution >= 4 is 5.91 Å². The summed E-state index contributed by atoms with van der Waals surface area (Å²) in [5, 5.41) is 6.45. The van der Waals surface area contributed by atoms with Crippen LogP contribution in [0.5, 0.6) is 0 Å². The lowest BCUT2D eigenvalue weighted by Crippen LogP contribution is -2.34. The van der Waals surface area contributed by atoms with Gasteiger partial charge in [-0.05, 0) is 38.8 Å². The Morgan fingerprint density at radius 1 is 1.24 bits per heavy atom. The lowest BCUT2D eigenvalue weighted by Gasteiger charge is -2.21. The van der Waals surface area contributed by atoms with E-state index in [1.165, 1.54) is 13.8 Å². The topological polar surface area (TPSA) is 46.9 Å². The van der Waals surface area contributed by atoms with Crippen LogP contribution >= 0.6 is 0 Å². The zero-order valence-electron chi connectivity index (χ0n) is 14.7. The average Bonchev–Trinajstić information content (AvgIpc) is 2.94. The first kappa shape index (κ1) is 19.0. The highest BCUT2D eigenvalue weighted by atomic mass is 19.4. The number of carbonyl (C=O) groups excluding carboxylic acids is 1. The molecular formula is C18H22F3N3O. The summed E-state index contributed by atoms with van der Waals surface area (Å²) in [5.74, 6) is -0.368. The first-order chi connectivity index (χ1) is 11.6. The maximum absolute atomic E-state index is 12.8. The standard InChI is InChI=1S/C18H22F3N3O/c1-5-15(14-8-6-11(2)7-9-14)22-17(25)13(4)24-12(3)10-16(23-24)18(19,20)21/h6-10,13,15H,5H2,1-4H3,(H,22,25). The number of aromatic nitrogens is 2. The fraction of sp³-hybridized carbons (Fsp3) is 0.444. The summed E-state index contributed by atoms with van der Waals surface area (Å²) in [6, 6.07) is 7.71. The zero-order chi connectivity index (χ0) is 18.8. The predicted octanol–water partition coefficient (Wildman–Crippen LogP) is 4.35. The number of nitrogens with zero attached hydrogens (tertiary/aromatic N) is 2. The molecule has 0 bridgehead atoms. The van der Waals surface area contributed by atoms with E-state index in [2.05, 4.69) is 10.4 Å². The summed E-state index contributed by atoms with van der Waals surface area (Å²) >= 11 is 0. The van der Waals surface area contributed by atoms with Gasteiger partial charge in [-0.2, -0.15) is 18.3 Å². The molecule has 25 heavy (non-hydrogen) atoms. The summed E-state index contributed by atoms with van der Waals surface area (Å²) in [6.45, 7) is 6.96. The fourth-order valence-corrected chi connectivity index (χ4v) is 2.64. The number of aryl methyl sites for hydroxylation is 2. The van der Waals surface area contributed by atoms with Crippen LogP contribution in [0.3, 0.4) is 0 Å². The molecular weight excluding hydrogens is 331 g/mol. The molecule has 0 saturated carbocycles. The molecule has 0 aliphatic heterocycles. The Kier molecular flexibility index (Phi) is 5.55. The molecule has 1 aromatic heterocycles. The van der Waals surface area contributed by atoms with Crippen LogP contribution in [0.25, 0.3) is 0 Å². The van der Waals surface area contributed by atoms with Crippen molar-refractivity contribution in [3.05, 3.63) is 52.8 Å². The molecule has 0 fully saturated rings. The Morgan fingerprint density at radius 2 is 1.84 bits per heavy atom. The SMILES string of the molecule is CCC(NC(=O)C(C)n1nc(C(F)(F)F)cc1C)c1ccc(C)cc1. The minimum atomic E-state index is -4.53. The largest absolute Gasteiger partial charge is 0.435 e. The van der Waals surface area contributed by atoms with Gasteiger partial charge in [0.2, 0.25) is 5.91 Å². The monoisotopic (exact) mass is 353 g/mol. The van der Waals surface area contributed by atoms with Crippen LogP contribution in [0.1, 0.15) is 54.9 Å². The van der Waals surface area contributed by atoms with Gasteiger partial charge in [-0.25, -0.2) is 0 Å². The van der Waals surface area contributed by atoms with Gasteiger partial charge >= 0.3 is 6.18 Å². The highest BCUT2D eigenvalue weighted by molar-refractivity contribution is 5.80. The molecule has 0 radical (unpaired) electrons. The highest BCUT2D eigenvalue weighted by Gasteiger charge is 2.35. The van der Waals surface area contributed by atoms with E-state index < -0.39 is 17.9 Å². The molecule has 1 N–H and O–H groups in total. The Morgan fingerprint density at radius 3 is 2.32 bits per heavy atom. The molecule has 7 heteroatoms. The van der Waals surface area contributed by atoms with Crippen molar-refractivity contribution in [3.63, 3.8) is 0 Å². The molecule has 0 spiro atoms. The first-order valence-electron chi connectivity index (χ1n) is 8.13. The van der Waals surface area contributed by atoms with E-state index in [-0.39, 0.29) is 11.9 Å². The fourth-order valence-electron chi connectivity index (χ4n) is 2.64. The molecule has 1 aromatic carbocycles. The molecule has 2 atom stereocenters. The van der Waals surface area contributed by atoms with E-state index in [4.69, 9.17) is 0 Å². The van der Waals surface area contributed by atoms with E-state index >= 15 is 0 Å². The van der Waals surface area contributed by atoms with E-state index in [0.717, 1.165) is 21.9 Å². The maximum Gasteiger partial charge on any atom is 0.435 e. The minimum absolute atomic E-state index is 0.200. The Labute approximate surface area is 145 Å². The van der Waals surface area contributed by atoms with Crippen LogP contribution in [0, 0.1) is 13.8 Å². The molecule has 2 rings (SSSR count). The summed E-state index contributed by atoms with van der Waals surface area (Å²) in [4.78, 5) is 12.5. The number of nitrogens with one attached hydrogen (secondary N) is 1. The molecule has 4 nitrogen and oxygen atoms in total. The molecule has 0 saturated heterocycles. The van der Waals surface area contributed by atoms with Crippen LogP contribution in [-0.4, -0.2) is 15.7 Å². The molecule has 0 aliphatic rings. The van der Waals surface area contributed by atoms with Crippen LogP contribution in [0.15, 0.2) is 30.3 Å². The summed E-state index contributed by atoms with van der Waals surface area (Å²) < 4.78 is 39.5. The number of carbonyl (C=O) groups is 1. The molecule has 136 valence electrons. The molecule has 2 aromatic rings. The number of benzene rings is 1. The minimum Gasteiger partial charge on any atom is -0.347 e. The summed E-state index contributed by atoms with van der Waals surface area (Å²) in [6.07, 6.45) is -3.85. The number of rotatable bonds is 5. The maximum atomic E-state index is 12.8. The quantitative estimate of drug-likeness (QED) is 0.869. The number of alkyl halides is 3. The summed E-state index contributed by atoms with van der Waals surface area (Å²) in [7, 11) is 0. The van der Waals surface area contributed by atoms with E-state index in [9.17, 15) is 18.0 Å². The van der Waals surface area contributed by atoms with Gasteiger partial charge in [0.05, 0.1) is 6.04 Å². The van der Waals surface area contributed by atoms with Crippen molar-refractivity contribution in [2.24, 2.45) is 0 Å². The van der Waals surface area contributed by atoms with E-state index in [0.29, 0.717) is 12.1 Å². The van der Waals surface area contributed by atoms with Gasteiger partial charge in [0.15, 0.2) is 5.69 Å². The van der Waals surface area contributed by atoms with Gasteiger partial charge in [-0.1, -0.05) is 36.8 Å². The van der Waals surface area contributed by atoms with Crippen molar-refractivity contribution < 1.29 is 18.0 Å². The molecule has 2 unspecified atom stereocenters. The zero-order valence-corrected chi connectivity index (χ0v) is 14.7. The van der Waals surface area contributed by atoms with E-state index in [1.54, 1.807) is 0 Å².